The molecule has 20 heavy (non-hydrogen) atoms. The van der Waals surface area contributed by atoms with Crippen LogP contribution in [-0.2, 0) is 14.8 Å². The average Bonchev–Trinajstić information content (AvgIpc) is 3.11. The molecule has 1 N–H and O–H groups in total. The second-order valence-corrected chi connectivity index (χ2v) is 7.45. The summed E-state index contributed by atoms with van der Waals surface area (Å²) >= 11 is 0. The predicted molar refractivity (Wildman–Crippen MR) is 78.0 cm³/mol. The number of carbonyl (C=O) groups excluding carboxylic acids is 1. The van der Waals surface area contributed by atoms with Crippen LogP contribution in [0.15, 0.2) is 29.2 Å². The number of nitrogens with one attached hydrogen (secondary N) is 1. The summed E-state index contributed by atoms with van der Waals surface area (Å²) in [6, 6.07) is 6.86. The fraction of sp³-hybridized carbons (Fsp3) is 0.533. The van der Waals surface area contributed by atoms with Gasteiger partial charge in [0, 0.05) is 12.0 Å². The van der Waals surface area contributed by atoms with E-state index in [1.54, 1.807) is 24.3 Å². The summed E-state index contributed by atoms with van der Waals surface area (Å²) < 4.78 is 27.5. The van der Waals surface area contributed by atoms with Gasteiger partial charge in [0.1, 0.15) is 5.78 Å². The lowest BCUT2D eigenvalue weighted by Gasteiger charge is -2.21. The first-order valence-electron chi connectivity index (χ1n) is 6.94. The highest BCUT2D eigenvalue weighted by Crippen LogP contribution is 2.31. The molecule has 0 bridgehead atoms. The van der Waals surface area contributed by atoms with Crippen LogP contribution in [0, 0.1) is 5.92 Å². The molecular weight excluding hydrogens is 274 g/mol. The number of ketones is 1. The molecule has 0 heterocycles. The second kappa shape index (κ2) is 5.66. The van der Waals surface area contributed by atoms with Gasteiger partial charge < -0.3 is 0 Å². The number of hydrogen-bond donors (Lipinski definition) is 1. The van der Waals surface area contributed by atoms with Crippen molar-refractivity contribution in [2.75, 3.05) is 0 Å². The molecular formula is C15H21NO3S. The van der Waals surface area contributed by atoms with Crippen LogP contribution in [0.25, 0.3) is 0 Å². The normalized spacial score (nSPS) is 17.2. The summed E-state index contributed by atoms with van der Waals surface area (Å²) in [5.41, 5.74) is 0.600. The first-order valence-corrected chi connectivity index (χ1v) is 8.43. The van der Waals surface area contributed by atoms with Crippen LogP contribution < -0.4 is 4.72 Å². The molecule has 1 unspecified atom stereocenters. The van der Waals surface area contributed by atoms with E-state index in [9.17, 15) is 13.2 Å². The Kier molecular flexibility index (Phi) is 4.30. The number of hydrogen-bond acceptors (Lipinski definition) is 3. The summed E-state index contributed by atoms with van der Waals surface area (Å²) in [5, 5.41) is 0. The minimum absolute atomic E-state index is 0.00549. The standard InChI is InChI=1S/C15H21NO3S/c1-10(2)15(11(3)17)13-6-4-5-7-14(13)20(18,19)16-12-8-9-12/h4-7,10,12,15-16H,8-9H2,1-3H3. The molecule has 1 aliphatic rings. The Balaban J connectivity index is 2.46. The molecule has 1 fully saturated rings. The lowest BCUT2D eigenvalue weighted by atomic mass is 9.85. The summed E-state index contributed by atoms with van der Waals surface area (Å²) in [7, 11) is -3.54. The summed E-state index contributed by atoms with van der Waals surface area (Å²) in [5.74, 6) is -0.333. The molecule has 1 saturated carbocycles. The van der Waals surface area contributed by atoms with Crippen LogP contribution in [0.5, 0.6) is 0 Å². The largest absolute Gasteiger partial charge is 0.299 e. The minimum Gasteiger partial charge on any atom is -0.299 e. The van der Waals surface area contributed by atoms with E-state index in [4.69, 9.17) is 0 Å². The Hall–Kier alpha value is -1.20. The number of Topliss-reactive ketones (excluding diaryl/α,β-unsaturated/α-hetero) is 1. The van der Waals surface area contributed by atoms with E-state index in [0.29, 0.717) is 5.56 Å². The van der Waals surface area contributed by atoms with E-state index >= 15 is 0 Å². The van der Waals surface area contributed by atoms with Gasteiger partial charge in [-0.15, -0.1) is 0 Å². The van der Waals surface area contributed by atoms with Gasteiger partial charge in [0.25, 0.3) is 0 Å². The fourth-order valence-corrected chi connectivity index (χ4v) is 4.08. The molecule has 4 nitrogen and oxygen atoms in total. The van der Waals surface area contributed by atoms with Crippen LogP contribution in [0.3, 0.4) is 0 Å². The third-order valence-corrected chi connectivity index (χ3v) is 5.14. The van der Waals surface area contributed by atoms with Gasteiger partial charge in [-0.3, -0.25) is 4.79 Å². The van der Waals surface area contributed by atoms with Crippen molar-refractivity contribution in [3.05, 3.63) is 29.8 Å². The molecule has 1 atom stereocenters. The third-order valence-electron chi connectivity index (χ3n) is 3.55. The van der Waals surface area contributed by atoms with E-state index in [1.807, 2.05) is 13.8 Å². The quantitative estimate of drug-likeness (QED) is 0.877. The van der Waals surface area contributed by atoms with E-state index in [2.05, 4.69) is 4.72 Å². The Morgan fingerprint density at radius 3 is 2.35 bits per heavy atom. The number of rotatable bonds is 6. The molecule has 0 amide bonds. The molecule has 1 aromatic rings. The zero-order chi connectivity index (χ0) is 14.9. The number of carbonyl (C=O) groups is 1. The molecule has 0 saturated heterocycles. The van der Waals surface area contributed by atoms with Crippen molar-refractivity contribution < 1.29 is 13.2 Å². The van der Waals surface area contributed by atoms with Crippen molar-refractivity contribution in [2.24, 2.45) is 5.92 Å². The monoisotopic (exact) mass is 295 g/mol. The van der Waals surface area contributed by atoms with E-state index < -0.39 is 10.0 Å². The van der Waals surface area contributed by atoms with Gasteiger partial charge in [0.15, 0.2) is 0 Å². The van der Waals surface area contributed by atoms with E-state index in [0.717, 1.165) is 12.8 Å². The van der Waals surface area contributed by atoms with Gasteiger partial charge in [0.2, 0.25) is 10.0 Å². The first-order chi connectivity index (χ1) is 9.33. The van der Waals surface area contributed by atoms with Gasteiger partial charge in [-0.05, 0) is 37.3 Å². The zero-order valence-corrected chi connectivity index (χ0v) is 12.9. The van der Waals surface area contributed by atoms with Crippen molar-refractivity contribution in [3.8, 4) is 0 Å². The Morgan fingerprint density at radius 2 is 1.85 bits per heavy atom. The van der Waals surface area contributed by atoms with Crippen LogP contribution >= 0.6 is 0 Å². The average molecular weight is 295 g/mol. The Bertz CT molecular complexity index is 603. The van der Waals surface area contributed by atoms with Gasteiger partial charge in [-0.2, -0.15) is 0 Å². The molecule has 0 radical (unpaired) electrons. The molecule has 2 rings (SSSR count). The molecule has 0 spiro atoms. The van der Waals surface area contributed by atoms with Crippen LogP contribution in [0.4, 0.5) is 0 Å². The van der Waals surface area contributed by atoms with E-state index in [1.165, 1.54) is 6.92 Å². The van der Waals surface area contributed by atoms with Crippen molar-refractivity contribution in [1.29, 1.82) is 0 Å². The van der Waals surface area contributed by atoms with Crippen molar-refractivity contribution >= 4 is 15.8 Å². The van der Waals surface area contributed by atoms with Crippen LogP contribution in [0.1, 0.15) is 45.1 Å². The highest BCUT2D eigenvalue weighted by atomic mass is 32.2. The molecule has 5 heteroatoms. The van der Waals surface area contributed by atoms with Gasteiger partial charge in [0.05, 0.1) is 4.90 Å². The summed E-state index contributed by atoms with van der Waals surface area (Å²) in [6.07, 6.45) is 1.78. The molecule has 0 aromatic heterocycles. The lowest BCUT2D eigenvalue weighted by Crippen LogP contribution is -2.28. The molecule has 1 aromatic carbocycles. The number of sulfonamides is 1. The van der Waals surface area contributed by atoms with Gasteiger partial charge >= 0.3 is 0 Å². The maximum absolute atomic E-state index is 12.4. The lowest BCUT2D eigenvalue weighted by molar-refractivity contribution is -0.119. The van der Waals surface area contributed by atoms with Gasteiger partial charge in [-0.25, -0.2) is 13.1 Å². The molecule has 0 aliphatic heterocycles. The fourth-order valence-electron chi connectivity index (χ4n) is 2.51. The van der Waals surface area contributed by atoms with Crippen LogP contribution in [0.2, 0.25) is 0 Å². The maximum atomic E-state index is 12.4. The predicted octanol–water partition coefficient (Wildman–Crippen LogP) is 2.46. The maximum Gasteiger partial charge on any atom is 0.241 e. The van der Waals surface area contributed by atoms with Crippen molar-refractivity contribution in [3.63, 3.8) is 0 Å². The Labute approximate surface area is 120 Å². The zero-order valence-electron chi connectivity index (χ0n) is 12.1. The first kappa shape index (κ1) is 15.2. The second-order valence-electron chi connectivity index (χ2n) is 5.77. The summed E-state index contributed by atoms with van der Waals surface area (Å²) in [6.45, 7) is 5.38. The smallest absolute Gasteiger partial charge is 0.241 e. The SMILES string of the molecule is CC(=O)C(c1ccccc1S(=O)(=O)NC1CC1)C(C)C. The molecule has 1 aliphatic carbocycles. The van der Waals surface area contributed by atoms with Crippen molar-refractivity contribution in [1.82, 2.24) is 4.72 Å². The highest BCUT2D eigenvalue weighted by molar-refractivity contribution is 7.89. The van der Waals surface area contributed by atoms with E-state index in [-0.39, 0.29) is 28.6 Å². The topological polar surface area (TPSA) is 63.2 Å². The Morgan fingerprint density at radius 1 is 1.25 bits per heavy atom. The van der Waals surface area contributed by atoms with Crippen molar-refractivity contribution in [2.45, 2.75) is 50.5 Å². The summed E-state index contributed by atoms with van der Waals surface area (Å²) in [4.78, 5) is 12.1. The molecule has 110 valence electrons. The minimum atomic E-state index is -3.54. The van der Waals surface area contributed by atoms with Crippen LogP contribution in [-0.4, -0.2) is 20.2 Å². The number of benzene rings is 1. The third kappa shape index (κ3) is 3.27. The highest BCUT2D eigenvalue weighted by Gasteiger charge is 2.32. The van der Waals surface area contributed by atoms with Gasteiger partial charge in [-0.1, -0.05) is 32.0 Å².